The Labute approximate surface area is 329 Å². The van der Waals surface area contributed by atoms with Crippen molar-refractivity contribution >= 4 is 49.0 Å². The highest BCUT2D eigenvalue weighted by atomic mass is 32.1. The Bertz CT molecular complexity index is 2520. The van der Waals surface area contributed by atoms with Crippen LogP contribution in [0.1, 0.15) is 61.3 Å². The molecular weight excluding hydrogens is 797 g/mol. The number of fused-ring (bicyclic) bond motifs is 2. The van der Waals surface area contributed by atoms with E-state index in [1.165, 1.54) is 11.1 Å². The van der Waals surface area contributed by atoms with Gasteiger partial charge < -0.3 is 25.8 Å². The Kier molecular flexibility index (Phi) is 9.04. The zero-order valence-electron chi connectivity index (χ0n) is 30.5. The standard InChI is InChI=1S/C39H34F8N8O2S/c40-19-14-37(6-2-8-54(37)16-19)17-57-36-52-30-27-31(28(39(45,46)47)26(29(30)42)21-4-5-23(41)32-25(21)22(15-48)34(50)58-32)56-10-9-55(35(27)53-36)24(11-18-12-38(43,44)13-18)20-3-1-7-51-33(20)49/h1,3-5,7,18-19,24H,2,6,8-14,16-17,50H2,(H2,49,51)/t19-,24-,37+/m1/s1. The predicted octanol–water partition coefficient (Wildman–Crippen LogP) is 8.57. The minimum atomic E-state index is -5.32. The zero-order valence-corrected chi connectivity index (χ0v) is 31.3. The molecule has 4 aliphatic rings. The lowest BCUT2D eigenvalue weighted by Crippen LogP contribution is -2.43. The third kappa shape index (κ3) is 6.17. The number of nitrogen functional groups attached to an aromatic ring is 2. The topological polar surface area (TPSA) is 139 Å². The fourth-order valence-corrected chi connectivity index (χ4v) is 10.4. The number of hydrogen-bond donors (Lipinski definition) is 2. The number of nitriles is 1. The summed E-state index contributed by atoms with van der Waals surface area (Å²) in [6.45, 7) is 0.0807. The number of nitrogens with zero attached hydrogens (tertiary/aromatic N) is 6. The lowest BCUT2D eigenvalue weighted by molar-refractivity contribution is -0.138. The van der Waals surface area contributed by atoms with Gasteiger partial charge in [-0.3, -0.25) is 4.90 Å². The van der Waals surface area contributed by atoms with Crippen molar-refractivity contribution in [2.24, 2.45) is 5.92 Å². The van der Waals surface area contributed by atoms with Crippen LogP contribution in [0, 0.1) is 28.9 Å². The molecule has 1 saturated carbocycles. The molecule has 3 fully saturated rings. The molecule has 58 heavy (non-hydrogen) atoms. The Morgan fingerprint density at radius 3 is 2.60 bits per heavy atom. The summed E-state index contributed by atoms with van der Waals surface area (Å²) >= 11 is 0.630. The van der Waals surface area contributed by atoms with E-state index in [-0.39, 0.29) is 64.8 Å². The fourth-order valence-electron chi connectivity index (χ4n) is 9.42. The third-order valence-corrected chi connectivity index (χ3v) is 12.9. The van der Waals surface area contributed by atoms with E-state index in [9.17, 15) is 18.4 Å². The van der Waals surface area contributed by atoms with Crippen LogP contribution >= 0.6 is 11.3 Å². The molecule has 5 aromatic rings. The first-order valence-corrected chi connectivity index (χ1v) is 19.5. The molecule has 1 aliphatic carbocycles. The number of thiophene rings is 1. The van der Waals surface area contributed by atoms with Gasteiger partial charge in [0, 0.05) is 48.5 Å². The van der Waals surface area contributed by atoms with E-state index < -0.39 is 106 Å². The van der Waals surface area contributed by atoms with Crippen molar-refractivity contribution < 1.29 is 44.6 Å². The molecule has 0 spiro atoms. The number of anilines is 3. The first-order valence-electron chi connectivity index (χ1n) is 18.6. The molecule has 0 amide bonds. The quantitative estimate of drug-likeness (QED) is 0.146. The van der Waals surface area contributed by atoms with Crippen molar-refractivity contribution in [3.05, 3.63) is 58.8 Å². The summed E-state index contributed by atoms with van der Waals surface area (Å²) in [7, 11) is 0. The van der Waals surface area contributed by atoms with Crippen LogP contribution in [0.3, 0.4) is 0 Å². The van der Waals surface area contributed by atoms with Crippen LogP contribution in [0.5, 0.6) is 11.8 Å². The average molecular weight is 831 g/mol. The SMILES string of the molecule is N#Cc1c(N)sc2c(F)ccc(-c3c(C(F)(F)F)c4c5c(nc(OC[C@@]67CCCN6C[C@H](F)C7)nc5c3F)N([C@H](CC3CC(F)(F)C3)c3cccnc3N)CCO4)c12. The van der Waals surface area contributed by atoms with Gasteiger partial charge in [-0.2, -0.15) is 28.4 Å². The highest BCUT2D eigenvalue weighted by molar-refractivity contribution is 7.23. The summed E-state index contributed by atoms with van der Waals surface area (Å²) in [5.41, 5.74) is 7.89. The van der Waals surface area contributed by atoms with E-state index in [1.807, 2.05) is 11.0 Å². The Morgan fingerprint density at radius 2 is 1.88 bits per heavy atom. The van der Waals surface area contributed by atoms with Gasteiger partial charge in [-0.15, -0.1) is 11.3 Å². The lowest BCUT2D eigenvalue weighted by Gasteiger charge is -2.40. The van der Waals surface area contributed by atoms with E-state index in [2.05, 4.69) is 15.0 Å². The highest BCUT2D eigenvalue weighted by Gasteiger charge is 2.51. The second kappa shape index (κ2) is 13.7. The van der Waals surface area contributed by atoms with Crippen molar-refractivity contribution in [3.63, 3.8) is 0 Å². The first-order chi connectivity index (χ1) is 27.6. The van der Waals surface area contributed by atoms with Crippen LogP contribution in [-0.2, 0) is 6.18 Å². The van der Waals surface area contributed by atoms with Crippen molar-refractivity contribution in [2.75, 3.05) is 49.2 Å². The Hall–Kier alpha value is -5.22. The number of benzene rings is 2. The van der Waals surface area contributed by atoms with E-state index in [1.54, 1.807) is 12.1 Å². The Morgan fingerprint density at radius 1 is 1.09 bits per heavy atom. The number of aromatic nitrogens is 3. The second-order valence-corrected chi connectivity index (χ2v) is 16.5. The van der Waals surface area contributed by atoms with Gasteiger partial charge in [-0.1, -0.05) is 12.1 Å². The minimum absolute atomic E-state index is 0.0364. The summed E-state index contributed by atoms with van der Waals surface area (Å²) in [4.78, 5) is 16.7. The van der Waals surface area contributed by atoms with Crippen LogP contribution in [0.4, 0.5) is 51.8 Å². The van der Waals surface area contributed by atoms with Gasteiger partial charge in [-0.05, 0) is 49.4 Å². The summed E-state index contributed by atoms with van der Waals surface area (Å²) < 4.78 is 135. The number of ether oxygens (including phenoxy) is 2. The smallest absolute Gasteiger partial charge is 0.420 e. The van der Waals surface area contributed by atoms with Crippen molar-refractivity contribution in [1.29, 1.82) is 5.26 Å². The van der Waals surface area contributed by atoms with Crippen LogP contribution in [0.25, 0.3) is 32.1 Å². The third-order valence-electron chi connectivity index (χ3n) is 11.9. The number of alkyl halides is 6. The number of pyridine rings is 1. The normalized spacial score (nSPS) is 22.4. The highest BCUT2D eigenvalue weighted by Crippen LogP contribution is 2.55. The van der Waals surface area contributed by atoms with E-state index in [0.29, 0.717) is 29.9 Å². The molecule has 9 rings (SSSR count). The van der Waals surface area contributed by atoms with Crippen LogP contribution in [0.2, 0.25) is 0 Å². The van der Waals surface area contributed by atoms with Gasteiger partial charge in [0.25, 0.3) is 0 Å². The minimum Gasteiger partial charge on any atom is -0.490 e. The predicted molar refractivity (Wildman–Crippen MR) is 199 cm³/mol. The van der Waals surface area contributed by atoms with Gasteiger partial charge in [0.1, 0.15) is 64.7 Å². The fraction of sp³-hybridized carbons (Fsp3) is 0.436. The van der Waals surface area contributed by atoms with Crippen molar-refractivity contribution in [1.82, 2.24) is 19.9 Å². The maximum Gasteiger partial charge on any atom is 0.420 e. The molecule has 0 bridgehead atoms. The molecule has 6 heterocycles. The molecule has 19 heteroatoms. The second-order valence-electron chi connectivity index (χ2n) is 15.5. The molecule has 3 atom stereocenters. The monoisotopic (exact) mass is 830 g/mol. The van der Waals surface area contributed by atoms with Crippen molar-refractivity contribution in [2.45, 2.75) is 68.4 Å². The number of rotatable bonds is 8. The molecule has 3 aliphatic heterocycles. The lowest BCUT2D eigenvalue weighted by atomic mass is 9.76. The van der Waals surface area contributed by atoms with Crippen LogP contribution in [0.15, 0.2) is 30.5 Å². The molecule has 4 N–H and O–H groups in total. The zero-order chi connectivity index (χ0) is 40.9. The summed E-state index contributed by atoms with van der Waals surface area (Å²) in [6, 6.07) is 5.46. The number of nitrogens with two attached hydrogens (primary N) is 2. The molecule has 2 saturated heterocycles. The average Bonchev–Trinajstić information content (AvgIpc) is 3.76. The van der Waals surface area contributed by atoms with Gasteiger partial charge in [0.05, 0.1) is 33.8 Å². The van der Waals surface area contributed by atoms with Crippen molar-refractivity contribution in [3.8, 4) is 29.0 Å². The molecule has 0 unspecified atom stereocenters. The maximum absolute atomic E-state index is 17.6. The summed E-state index contributed by atoms with van der Waals surface area (Å²) in [5.74, 6) is -6.87. The van der Waals surface area contributed by atoms with E-state index >= 15 is 22.0 Å². The number of halogens is 8. The summed E-state index contributed by atoms with van der Waals surface area (Å²) in [5, 5.41) is 8.99. The first kappa shape index (κ1) is 38.3. The van der Waals surface area contributed by atoms with Crippen LogP contribution in [-0.4, -0.2) is 70.3 Å². The maximum atomic E-state index is 17.6. The molecule has 2 aromatic carbocycles. The number of hydrogen-bond acceptors (Lipinski definition) is 11. The molecule has 10 nitrogen and oxygen atoms in total. The molecule has 3 aromatic heterocycles. The van der Waals surface area contributed by atoms with Gasteiger partial charge >= 0.3 is 12.2 Å². The molecular formula is C39H34F8N8O2S. The van der Waals surface area contributed by atoms with Gasteiger partial charge in [0.2, 0.25) is 5.92 Å². The van der Waals surface area contributed by atoms with Crippen LogP contribution < -0.4 is 25.8 Å². The van der Waals surface area contributed by atoms with E-state index in [0.717, 1.165) is 18.6 Å². The van der Waals surface area contributed by atoms with Gasteiger partial charge in [-0.25, -0.2) is 26.9 Å². The summed E-state index contributed by atoms with van der Waals surface area (Å²) in [6.07, 6.45) is -4.33. The molecule has 0 radical (unpaired) electrons. The largest absolute Gasteiger partial charge is 0.490 e. The van der Waals surface area contributed by atoms with E-state index in [4.69, 9.17) is 20.9 Å². The van der Waals surface area contributed by atoms with Gasteiger partial charge in [0.15, 0.2) is 5.82 Å². The molecule has 304 valence electrons. The Balaban J connectivity index is 1.31.